The third-order valence-corrected chi connectivity index (χ3v) is 7.03. The number of halogens is 1. The minimum absolute atomic E-state index is 0. The van der Waals surface area contributed by atoms with E-state index in [4.69, 9.17) is 0 Å². The molecule has 0 aliphatic carbocycles. The number of hydrogen-bond donors (Lipinski definition) is 2. The van der Waals surface area contributed by atoms with E-state index in [9.17, 15) is 13.2 Å². The van der Waals surface area contributed by atoms with Gasteiger partial charge in [-0.15, -0.1) is 12.4 Å². The molecule has 1 aliphatic rings. The number of nitrogens with zero attached hydrogens (tertiary/aromatic N) is 1. The van der Waals surface area contributed by atoms with Gasteiger partial charge in [-0.05, 0) is 58.2 Å². The predicted molar refractivity (Wildman–Crippen MR) is 111 cm³/mol. The SMILES string of the molecule is CCN[C@H](C)CNC(=O)C1CCCN1S(=O)(=O)c1c(C)cc(C)cc1C.Cl. The fraction of sp³-hybridized carbons (Fsp3) is 0.632. The highest BCUT2D eigenvalue weighted by Gasteiger charge is 2.40. The van der Waals surface area contributed by atoms with Crippen LogP contribution in [0.25, 0.3) is 0 Å². The molecule has 2 N–H and O–H groups in total. The van der Waals surface area contributed by atoms with Gasteiger partial charge in [-0.1, -0.05) is 24.6 Å². The minimum atomic E-state index is -3.70. The summed E-state index contributed by atoms with van der Waals surface area (Å²) in [7, 11) is -3.70. The Hall–Kier alpha value is -1.15. The molecule has 1 aliphatic heterocycles. The van der Waals surface area contributed by atoms with Crippen LogP contribution in [0.4, 0.5) is 0 Å². The summed E-state index contributed by atoms with van der Waals surface area (Å²) < 4.78 is 27.9. The van der Waals surface area contributed by atoms with Gasteiger partial charge < -0.3 is 10.6 Å². The lowest BCUT2D eigenvalue weighted by Crippen LogP contribution is -2.48. The highest BCUT2D eigenvalue weighted by molar-refractivity contribution is 7.89. The summed E-state index contributed by atoms with van der Waals surface area (Å²) in [6, 6.07) is 3.28. The van der Waals surface area contributed by atoms with Crippen molar-refractivity contribution in [1.29, 1.82) is 0 Å². The van der Waals surface area contributed by atoms with Crippen molar-refractivity contribution < 1.29 is 13.2 Å². The lowest BCUT2D eigenvalue weighted by molar-refractivity contribution is -0.124. The molecule has 6 nitrogen and oxygen atoms in total. The molecule has 0 aromatic heterocycles. The molecule has 1 aromatic rings. The maximum absolute atomic E-state index is 13.3. The lowest BCUT2D eigenvalue weighted by atomic mass is 10.1. The van der Waals surface area contributed by atoms with Crippen molar-refractivity contribution in [2.75, 3.05) is 19.6 Å². The zero-order valence-corrected chi connectivity index (χ0v) is 18.5. The Labute approximate surface area is 169 Å². The van der Waals surface area contributed by atoms with Crippen LogP contribution in [0, 0.1) is 20.8 Å². The second-order valence-corrected chi connectivity index (χ2v) is 9.03. The predicted octanol–water partition coefficient (Wildman–Crippen LogP) is 2.30. The van der Waals surface area contributed by atoms with Crippen molar-refractivity contribution in [2.24, 2.45) is 0 Å². The van der Waals surface area contributed by atoms with Gasteiger partial charge in [0.05, 0.1) is 4.90 Å². The van der Waals surface area contributed by atoms with E-state index in [0.29, 0.717) is 30.8 Å². The van der Waals surface area contributed by atoms with Crippen molar-refractivity contribution in [1.82, 2.24) is 14.9 Å². The third kappa shape index (κ3) is 5.44. The number of aryl methyl sites for hydroxylation is 3. The monoisotopic (exact) mass is 417 g/mol. The van der Waals surface area contributed by atoms with Gasteiger partial charge in [0.15, 0.2) is 0 Å². The van der Waals surface area contributed by atoms with E-state index in [-0.39, 0.29) is 24.4 Å². The van der Waals surface area contributed by atoms with Crippen LogP contribution in [0.3, 0.4) is 0 Å². The van der Waals surface area contributed by atoms with E-state index in [2.05, 4.69) is 10.6 Å². The van der Waals surface area contributed by atoms with Crippen molar-refractivity contribution >= 4 is 28.3 Å². The Balaban J connectivity index is 0.00000364. The normalized spacial score (nSPS) is 18.8. The summed E-state index contributed by atoms with van der Waals surface area (Å²) in [6.45, 7) is 11.3. The smallest absolute Gasteiger partial charge is 0.244 e. The van der Waals surface area contributed by atoms with Crippen LogP contribution in [0.5, 0.6) is 0 Å². The van der Waals surface area contributed by atoms with Gasteiger partial charge in [0.25, 0.3) is 0 Å². The highest BCUT2D eigenvalue weighted by Crippen LogP contribution is 2.30. The quantitative estimate of drug-likeness (QED) is 0.713. The van der Waals surface area contributed by atoms with Crippen LogP contribution in [-0.2, 0) is 14.8 Å². The number of nitrogens with one attached hydrogen (secondary N) is 2. The van der Waals surface area contributed by atoms with E-state index in [1.54, 1.807) is 0 Å². The molecule has 0 radical (unpaired) electrons. The Morgan fingerprint density at radius 3 is 2.41 bits per heavy atom. The number of carbonyl (C=O) groups is 1. The second-order valence-electron chi connectivity index (χ2n) is 7.21. The number of amides is 1. The van der Waals surface area contributed by atoms with Gasteiger partial charge in [-0.3, -0.25) is 4.79 Å². The first kappa shape index (κ1) is 23.9. The van der Waals surface area contributed by atoms with Crippen LogP contribution in [0.1, 0.15) is 43.4 Å². The van der Waals surface area contributed by atoms with E-state index >= 15 is 0 Å². The average molecular weight is 418 g/mol. The van der Waals surface area contributed by atoms with Gasteiger partial charge >= 0.3 is 0 Å². The second kappa shape index (κ2) is 9.87. The van der Waals surface area contributed by atoms with Gasteiger partial charge in [0, 0.05) is 19.1 Å². The Kier molecular flexibility index (Phi) is 8.73. The standard InChI is InChI=1S/C19H31N3O3S.ClH/c1-6-20-16(5)12-21-19(23)17-8-7-9-22(17)26(24,25)18-14(3)10-13(2)11-15(18)4;/h10-11,16-17,20H,6-9,12H2,1-5H3,(H,21,23);1H/t16-,17?;/m1./s1. The molecular formula is C19H32ClN3O3S. The molecule has 1 heterocycles. The molecule has 1 aromatic carbocycles. The number of rotatable bonds is 7. The van der Waals surface area contributed by atoms with E-state index < -0.39 is 16.1 Å². The van der Waals surface area contributed by atoms with Crippen LogP contribution in [-0.4, -0.2) is 50.3 Å². The number of hydrogen-bond acceptors (Lipinski definition) is 4. The Bertz CT molecular complexity index is 744. The molecule has 1 fully saturated rings. The molecule has 0 spiro atoms. The molecule has 8 heteroatoms. The topological polar surface area (TPSA) is 78.5 Å². The van der Waals surface area contributed by atoms with Crippen molar-refractivity contribution in [3.8, 4) is 0 Å². The Morgan fingerprint density at radius 1 is 1.26 bits per heavy atom. The third-order valence-electron chi connectivity index (χ3n) is 4.81. The Morgan fingerprint density at radius 2 is 1.85 bits per heavy atom. The van der Waals surface area contributed by atoms with Crippen LogP contribution in [0.15, 0.2) is 17.0 Å². The number of sulfonamides is 1. The molecule has 1 saturated heterocycles. The molecule has 2 atom stereocenters. The van der Waals surface area contributed by atoms with Crippen molar-refractivity contribution in [3.63, 3.8) is 0 Å². The number of carbonyl (C=O) groups excluding carboxylic acids is 1. The van der Waals surface area contributed by atoms with Crippen LogP contribution in [0.2, 0.25) is 0 Å². The van der Waals surface area contributed by atoms with Crippen LogP contribution >= 0.6 is 12.4 Å². The van der Waals surface area contributed by atoms with Gasteiger partial charge in [0.2, 0.25) is 15.9 Å². The maximum atomic E-state index is 13.3. The first-order valence-corrected chi connectivity index (χ1v) is 10.7. The zero-order chi connectivity index (χ0) is 19.5. The maximum Gasteiger partial charge on any atom is 0.244 e. The lowest BCUT2D eigenvalue weighted by Gasteiger charge is -2.26. The van der Waals surface area contributed by atoms with Gasteiger partial charge in [-0.2, -0.15) is 4.31 Å². The molecular weight excluding hydrogens is 386 g/mol. The molecule has 2 rings (SSSR count). The fourth-order valence-electron chi connectivity index (χ4n) is 3.77. The first-order chi connectivity index (χ1) is 12.2. The highest BCUT2D eigenvalue weighted by atomic mass is 35.5. The van der Waals surface area contributed by atoms with Gasteiger partial charge in [0.1, 0.15) is 6.04 Å². The van der Waals surface area contributed by atoms with Gasteiger partial charge in [-0.25, -0.2) is 8.42 Å². The molecule has 154 valence electrons. The molecule has 0 bridgehead atoms. The summed E-state index contributed by atoms with van der Waals surface area (Å²) in [5.74, 6) is -0.210. The van der Waals surface area contributed by atoms with E-state index in [1.165, 1.54) is 4.31 Å². The largest absolute Gasteiger partial charge is 0.353 e. The average Bonchev–Trinajstić information content (AvgIpc) is 3.02. The first-order valence-electron chi connectivity index (χ1n) is 9.29. The molecule has 1 unspecified atom stereocenters. The zero-order valence-electron chi connectivity index (χ0n) is 16.8. The number of likely N-dealkylation sites (N-methyl/N-ethyl adjacent to an activating group) is 1. The van der Waals surface area contributed by atoms with E-state index in [0.717, 1.165) is 23.2 Å². The summed E-state index contributed by atoms with van der Waals surface area (Å²) in [5, 5.41) is 6.13. The van der Waals surface area contributed by atoms with Crippen LogP contribution < -0.4 is 10.6 Å². The molecule has 0 saturated carbocycles. The molecule has 27 heavy (non-hydrogen) atoms. The minimum Gasteiger partial charge on any atom is -0.353 e. The fourth-order valence-corrected chi connectivity index (χ4v) is 5.84. The summed E-state index contributed by atoms with van der Waals surface area (Å²) in [4.78, 5) is 13.0. The van der Waals surface area contributed by atoms with Crippen molar-refractivity contribution in [2.45, 2.75) is 64.4 Å². The number of benzene rings is 1. The summed E-state index contributed by atoms with van der Waals surface area (Å²) >= 11 is 0. The van der Waals surface area contributed by atoms with Crippen molar-refractivity contribution in [3.05, 3.63) is 28.8 Å². The summed E-state index contributed by atoms with van der Waals surface area (Å²) in [5.41, 5.74) is 2.50. The molecule has 1 amide bonds. The van der Waals surface area contributed by atoms with E-state index in [1.807, 2.05) is 46.8 Å². The summed E-state index contributed by atoms with van der Waals surface area (Å²) in [6.07, 6.45) is 1.26.